The second-order valence-electron chi connectivity index (χ2n) is 4.98. The molecule has 4 nitrogen and oxygen atoms in total. The second kappa shape index (κ2) is 6.39. The lowest BCUT2D eigenvalue weighted by atomic mass is 9.97. The van der Waals surface area contributed by atoms with E-state index in [1.54, 1.807) is 18.2 Å². The molecule has 0 spiro atoms. The van der Waals surface area contributed by atoms with Crippen molar-refractivity contribution in [1.82, 2.24) is 10.2 Å². The van der Waals surface area contributed by atoms with Gasteiger partial charge in [-0.15, -0.1) is 0 Å². The summed E-state index contributed by atoms with van der Waals surface area (Å²) in [6, 6.07) is 4.96. The summed E-state index contributed by atoms with van der Waals surface area (Å²) in [6.45, 7) is 2.45. The number of hydrogen-bond acceptors (Lipinski definition) is 3. The number of carbonyl (C=O) groups is 1. The second-order valence-corrected chi connectivity index (χ2v) is 5.89. The van der Waals surface area contributed by atoms with E-state index in [9.17, 15) is 9.90 Å². The van der Waals surface area contributed by atoms with Crippen molar-refractivity contribution in [3.8, 4) is 5.75 Å². The van der Waals surface area contributed by atoms with E-state index in [0.29, 0.717) is 11.5 Å². The van der Waals surface area contributed by atoms with Crippen LogP contribution in [0.4, 0.5) is 0 Å². The van der Waals surface area contributed by atoms with Crippen molar-refractivity contribution in [3.05, 3.63) is 28.2 Å². The largest absolute Gasteiger partial charge is 0.507 e. The predicted octanol–water partition coefficient (Wildman–Crippen LogP) is 2.23. The molecule has 19 heavy (non-hydrogen) atoms. The first kappa shape index (κ1) is 14.3. The van der Waals surface area contributed by atoms with Crippen molar-refractivity contribution in [3.63, 3.8) is 0 Å². The molecule has 0 aromatic heterocycles. The molecule has 0 aliphatic carbocycles. The van der Waals surface area contributed by atoms with Crippen LogP contribution in [0, 0.1) is 5.92 Å². The molecule has 0 bridgehead atoms. The van der Waals surface area contributed by atoms with Crippen LogP contribution in [0.25, 0.3) is 0 Å². The van der Waals surface area contributed by atoms with Crippen LogP contribution in [0.3, 0.4) is 0 Å². The Hall–Kier alpha value is -1.07. The van der Waals surface area contributed by atoms with Gasteiger partial charge in [-0.2, -0.15) is 0 Å². The van der Waals surface area contributed by atoms with E-state index in [0.717, 1.165) is 36.9 Å². The Morgan fingerprint density at radius 2 is 2.37 bits per heavy atom. The molecule has 2 N–H and O–H groups in total. The standard InChI is InChI=1S/C14H19BrN2O2/c1-16-8-10-3-2-6-17(9-10)14(19)12-7-11(15)4-5-13(12)18/h4-5,7,10,16,18H,2-3,6,8-9H2,1H3. The van der Waals surface area contributed by atoms with E-state index in [4.69, 9.17) is 0 Å². The maximum Gasteiger partial charge on any atom is 0.257 e. The number of likely N-dealkylation sites (tertiary alicyclic amines) is 1. The number of amides is 1. The summed E-state index contributed by atoms with van der Waals surface area (Å²) < 4.78 is 0.803. The molecule has 1 aromatic carbocycles. The van der Waals surface area contributed by atoms with Gasteiger partial charge in [-0.05, 0) is 50.6 Å². The first-order valence-corrected chi connectivity index (χ1v) is 7.33. The molecule has 1 atom stereocenters. The van der Waals surface area contributed by atoms with Gasteiger partial charge in [0, 0.05) is 17.6 Å². The van der Waals surface area contributed by atoms with Crippen molar-refractivity contribution in [2.24, 2.45) is 5.92 Å². The highest BCUT2D eigenvalue weighted by Gasteiger charge is 2.25. The van der Waals surface area contributed by atoms with E-state index >= 15 is 0 Å². The van der Waals surface area contributed by atoms with Crippen LogP contribution >= 0.6 is 15.9 Å². The average molecular weight is 327 g/mol. The number of nitrogens with zero attached hydrogens (tertiary/aromatic N) is 1. The van der Waals surface area contributed by atoms with Crippen LogP contribution in [0.2, 0.25) is 0 Å². The lowest BCUT2D eigenvalue weighted by Gasteiger charge is -2.33. The summed E-state index contributed by atoms with van der Waals surface area (Å²) in [5, 5.41) is 13.0. The fourth-order valence-electron chi connectivity index (χ4n) is 2.55. The number of phenols is 1. The SMILES string of the molecule is CNCC1CCCN(C(=O)c2cc(Br)ccc2O)C1. The molecular formula is C14H19BrN2O2. The molecular weight excluding hydrogens is 308 g/mol. The predicted molar refractivity (Wildman–Crippen MR) is 78.4 cm³/mol. The zero-order chi connectivity index (χ0) is 13.8. The maximum atomic E-state index is 12.4. The fourth-order valence-corrected chi connectivity index (χ4v) is 2.92. The van der Waals surface area contributed by atoms with Gasteiger partial charge in [0.1, 0.15) is 5.75 Å². The van der Waals surface area contributed by atoms with Crippen LogP contribution in [0.15, 0.2) is 22.7 Å². The monoisotopic (exact) mass is 326 g/mol. The zero-order valence-electron chi connectivity index (χ0n) is 11.0. The number of hydrogen-bond donors (Lipinski definition) is 2. The van der Waals surface area contributed by atoms with Gasteiger partial charge in [0.2, 0.25) is 0 Å². The summed E-state index contributed by atoms with van der Waals surface area (Å²) in [5.74, 6) is 0.459. The van der Waals surface area contributed by atoms with Crippen molar-refractivity contribution in [2.75, 3.05) is 26.7 Å². The number of benzene rings is 1. The van der Waals surface area contributed by atoms with Crippen molar-refractivity contribution in [2.45, 2.75) is 12.8 Å². The van der Waals surface area contributed by atoms with Gasteiger partial charge in [-0.1, -0.05) is 15.9 Å². The number of carbonyl (C=O) groups excluding carboxylic acids is 1. The third-order valence-corrected chi connectivity index (χ3v) is 3.98. The lowest BCUT2D eigenvalue weighted by Crippen LogP contribution is -2.42. The number of phenolic OH excluding ortho intramolecular Hbond substituents is 1. The van der Waals surface area contributed by atoms with Crippen LogP contribution in [-0.2, 0) is 0 Å². The molecule has 0 saturated carbocycles. The minimum Gasteiger partial charge on any atom is -0.507 e. The van der Waals surface area contributed by atoms with Crippen molar-refractivity contribution < 1.29 is 9.90 Å². The van der Waals surface area contributed by atoms with E-state index in [1.165, 1.54) is 0 Å². The normalized spacial score (nSPS) is 19.5. The number of halogens is 1. The third-order valence-electron chi connectivity index (χ3n) is 3.49. The molecule has 2 rings (SSSR count). The molecule has 5 heteroatoms. The number of rotatable bonds is 3. The first-order chi connectivity index (χ1) is 9.11. The highest BCUT2D eigenvalue weighted by atomic mass is 79.9. The molecule has 1 saturated heterocycles. The smallest absolute Gasteiger partial charge is 0.257 e. The van der Waals surface area contributed by atoms with E-state index in [1.807, 2.05) is 11.9 Å². The Balaban J connectivity index is 2.12. The molecule has 1 aromatic rings. The summed E-state index contributed by atoms with van der Waals surface area (Å²) in [5.41, 5.74) is 0.375. The van der Waals surface area contributed by atoms with Crippen molar-refractivity contribution >= 4 is 21.8 Å². The minimum absolute atomic E-state index is 0.0453. The Morgan fingerprint density at radius 1 is 1.58 bits per heavy atom. The maximum absolute atomic E-state index is 12.4. The van der Waals surface area contributed by atoms with Crippen LogP contribution in [-0.4, -0.2) is 42.6 Å². The number of piperidine rings is 1. The van der Waals surface area contributed by atoms with Gasteiger partial charge < -0.3 is 15.3 Å². The van der Waals surface area contributed by atoms with Crippen LogP contribution in [0.1, 0.15) is 23.2 Å². The van der Waals surface area contributed by atoms with Gasteiger partial charge in [0.15, 0.2) is 0 Å². The zero-order valence-corrected chi connectivity index (χ0v) is 12.6. The summed E-state index contributed by atoms with van der Waals surface area (Å²) in [6.07, 6.45) is 2.17. The summed E-state index contributed by atoms with van der Waals surface area (Å²) in [7, 11) is 1.93. The van der Waals surface area contributed by atoms with Gasteiger partial charge in [0.25, 0.3) is 5.91 Å². The summed E-state index contributed by atoms with van der Waals surface area (Å²) in [4.78, 5) is 14.3. The minimum atomic E-state index is -0.0837. The average Bonchev–Trinajstić information content (AvgIpc) is 2.41. The third kappa shape index (κ3) is 3.48. The molecule has 1 aliphatic heterocycles. The molecule has 1 fully saturated rings. The quantitative estimate of drug-likeness (QED) is 0.895. The van der Waals surface area contributed by atoms with E-state index in [2.05, 4.69) is 21.2 Å². The van der Waals surface area contributed by atoms with Gasteiger partial charge in [-0.25, -0.2) is 0 Å². The Bertz CT molecular complexity index is 463. The lowest BCUT2D eigenvalue weighted by molar-refractivity contribution is 0.0671. The molecule has 1 heterocycles. The van der Waals surface area contributed by atoms with Gasteiger partial charge in [0.05, 0.1) is 5.56 Å². The van der Waals surface area contributed by atoms with Gasteiger partial charge in [-0.3, -0.25) is 4.79 Å². The fraction of sp³-hybridized carbons (Fsp3) is 0.500. The molecule has 1 aliphatic rings. The van der Waals surface area contributed by atoms with Crippen LogP contribution < -0.4 is 5.32 Å². The highest BCUT2D eigenvalue weighted by Crippen LogP contribution is 2.25. The van der Waals surface area contributed by atoms with Crippen molar-refractivity contribution in [1.29, 1.82) is 0 Å². The first-order valence-electron chi connectivity index (χ1n) is 6.54. The molecule has 1 unspecified atom stereocenters. The summed E-state index contributed by atoms with van der Waals surface area (Å²) >= 11 is 3.33. The number of aromatic hydroxyl groups is 1. The van der Waals surface area contributed by atoms with E-state index in [-0.39, 0.29) is 11.7 Å². The highest BCUT2D eigenvalue weighted by molar-refractivity contribution is 9.10. The Labute approximate surface area is 121 Å². The molecule has 104 valence electrons. The number of nitrogens with one attached hydrogen (secondary N) is 1. The topological polar surface area (TPSA) is 52.6 Å². The van der Waals surface area contributed by atoms with E-state index < -0.39 is 0 Å². The Morgan fingerprint density at radius 3 is 3.11 bits per heavy atom. The van der Waals surface area contributed by atoms with Gasteiger partial charge >= 0.3 is 0 Å². The Kier molecular flexibility index (Phi) is 4.82. The molecule has 0 radical (unpaired) electrons. The molecule has 1 amide bonds. The van der Waals surface area contributed by atoms with Crippen LogP contribution in [0.5, 0.6) is 5.75 Å².